The van der Waals surface area contributed by atoms with Crippen molar-refractivity contribution in [2.24, 2.45) is 0 Å². The Bertz CT molecular complexity index is 837. The van der Waals surface area contributed by atoms with Gasteiger partial charge in [-0.3, -0.25) is 9.59 Å². The maximum atomic E-state index is 12.8. The lowest BCUT2D eigenvalue weighted by atomic mass is 10.0. The molecule has 22 heavy (non-hydrogen) atoms. The molecule has 3 rings (SSSR count). The van der Waals surface area contributed by atoms with E-state index in [1.165, 1.54) is 0 Å². The quantitative estimate of drug-likeness (QED) is 0.536. The number of hydrogen-bond acceptors (Lipinski definition) is 2. The van der Waals surface area contributed by atoms with Crippen LogP contribution in [-0.4, -0.2) is 16.6 Å². The zero-order chi connectivity index (χ0) is 15.5. The highest BCUT2D eigenvalue weighted by atomic mass is 35.5. The average Bonchev–Trinajstić information content (AvgIpc) is 3.03. The predicted octanol–water partition coefficient (Wildman–Crippen LogP) is 4.17. The molecule has 0 fully saturated rings. The number of nitrogens with zero attached hydrogens (tertiary/aromatic N) is 1. The summed E-state index contributed by atoms with van der Waals surface area (Å²) in [5, 5.41) is 0.475. The molecule has 0 N–H and O–H groups in total. The van der Waals surface area contributed by atoms with Gasteiger partial charge in [0.1, 0.15) is 0 Å². The van der Waals surface area contributed by atoms with Crippen LogP contribution in [0.4, 0.5) is 0 Å². The fraction of sp³-hybridized carbons (Fsp3) is 0. The Morgan fingerprint density at radius 1 is 1.00 bits per heavy atom. The number of aldehydes is 1. The third-order valence-corrected chi connectivity index (χ3v) is 3.63. The summed E-state index contributed by atoms with van der Waals surface area (Å²) in [5.74, 6) is -0.136. The van der Waals surface area contributed by atoms with Gasteiger partial charge in [-0.2, -0.15) is 0 Å². The molecule has 3 aromatic rings. The highest BCUT2D eigenvalue weighted by Gasteiger charge is 2.16. The second-order valence-electron chi connectivity index (χ2n) is 4.78. The number of carbonyl (C=O) groups excluding carboxylic acids is 2. The highest BCUT2D eigenvalue weighted by molar-refractivity contribution is 6.31. The molecule has 0 aliphatic rings. The fourth-order valence-electron chi connectivity index (χ4n) is 2.35. The molecular weight excluding hydrogens is 298 g/mol. The minimum absolute atomic E-state index is 0.136. The summed E-state index contributed by atoms with van der Waals surface area (Å²) in [7, 11) is 0. The molecule has 0 aliphatic carbocycles. The van der Waals surface area contributed by atoms with Crippen molar-refractivity contribution in [2.45, 2.75) is 0 Å². The van der Waals surface area contributed by atoms with E-state index in [1.807, 2.05) is 18.2 Å². The van der Waals surface area contributed by atoms with Crippen molar-refractivity contribution in [3.05, 3.63) is 88.7 Å². The van der Waals surface area contributed by atoms with Crippen LogP contribution in [0.25, 0.3) is 5.69 Å². The SMILES string of the molecule is O=Cc1cccn1-c1ccc(Cl)cc1C(=O)c1ccccc1. The molecule has 3 nitrogen and oxygen atoms in total. The topological polar surface area (TPSA) is 39.1 Å². The average molecular weight is 310 g/mol. The number of aromatic nitrogens is 1. The summed E-state index contributed by atoms with van der Waals surface area (Å²) in [6.45, 7) is 0. The Morgan fingerprint density at radius 2 is 1.77 bits per heavy atom. The summed E-state index contributed by atoms with van der Waals surface area (Å²) in [6, 6.07) is 17.5. The van der Waals surface area contributed by atoms with Crippen molar-refractivity contribution in [1.29, 1.82) is 0 Å². The maximum Gasteiger partial charge on any atom is 0.195 e. The standard InChI is InChI=1S/C18H12ClNO2/c19-14-8-9-17(20-10-4-7-15(20)12-21)16(11-14)18(22)13-5-2-1-3-6-13/h1-12H. The van der Waals surface area contributed by atoms with Gasteiger partial charge in [-0.15, -0.1) is 0 Å². The van der Waals surface area contributed by atoms with Gasteiger partial charge in [0.2, 0.25) is 0 Å². The fourth-order valence-corrected chi connectivity index (χ4v) is 2.53. The molecular formula is C18H12ClNO2. The van der Waals surface area contributed by atoms with Crippen LogP contribution in [0.15, 0.2) is 66.9 Å². The van der Waals surface area contributed by atoms with E-state index in [9.17, 15) is 9.59 Å². The molecule has 0 atom stereocenters. The third kappa shape index (κ3) is 2.59. The number of rotatable bonds is 4. The van der Waals surface area contributed by atoms with E-state index >= 15 is 0 Å². The number of hydrogen-bond donors (Lipinski definition) is 0. The maximum absolute atomic E-state index is 12.8. The second-order valence-corrected chi connectivity index (χ2v) is 5.21. The van der Waals surface area contributed by atoms with Crippen molar-refractivity contribution in [2.75, 3.05) is 0 Å². The number of halogens is 1. The van der Waals surface area contributed by atoms with Crippen molar-refractivity contribution in [1.82, 2.24) is 4.57 Å². The van der Waals surface area contributed by atoms with Gasteiger partial charge in [0, 0.05) is 22.3 Å². The van der Waals surface area contributed by atoms with Gasteiger partial charge in [0.05, 0.1) is 11.4 Å². The first-order chi connectivity index (χ1) is 10.7. The van der Waals surface area contributed by atoms with Crippen molar-refractivity contribution in [3.63, 3.8) is 0 Å². The van der Waals surface area contributed by atoms with Crippen molar-refractivity contribution in [3.8, 4) is 5.69 Å². The molecule has 0 spiro atoms. The van der Waals surface area contributed by atoms with E-state index in [-0.39, 0.29) is 5.78 Å². The summed E-state index contributed by atoms with van der Waals surface area (Å²) in [6.07, 6.45) is 2.50. The lowest BCUT2D eigenvalue weighted by Gasteiger charge is -2.12. The van der Waals surface area contributed by atoms with Gasteiger partial charge in [0.15, 0.2) is 12.1 Å². The first kappa shape index (κ1) is 14.3. The molecule has 0 bridgehead atoms. The minimum Gasteiger partial charge on any atom is -0.313 e. The first-order valence-corrected chi connectivity index (χ1v) is 7.10. The van der Waals surface area contributed by atoms with E-state index in [0.717, 1.165) is 6.29 Å². The molecule has 4 heteroatoms. The number of carbonyl (C=O) groups is 2. The van der Waals surface area contributed by atoms with E-state index < -0.39 is 0 Å². The highest BCUT2D eigenvalue weighted by Crippen LogP contribution is 2.24. The second kappa shape index (κ2) is 6.00. The molecule has 1 aromatic heterocycles. The largest absolute Gasteiger partial charge is 0.313 e. The molecule has 2 aromatic carbocycles. The Morgan fingerprint density at radius 3 is 2.50 bits per heavy atom. The first-order valence-electron chi connectivity index (χ1n) is 6.73. The Labute approximate surface area is 132 Å². The van der Waals surface area contributed by atoms with Crippen molar-refractivity contribution >= 4 is 23.7 Å². The van der Waals surface area contributed by atoms with E-state index in [1.54, 1.807) is 53.2 Å². The van der Waals surface area contributed by atoms with Gasteiger partial charge >= 0.3 is 0 Å². The van der Waals surface area contributed by atoms with Gasteiger partial charge in [-0.25, -0.2) is 0 Å². The molecule has 108 valence electrons. The van der Waals surface area contributed by atoms with Crippen LogP contribution in [0.1, 0.15) is 26.4 Å². The number of benzene rings is 2. The summed E-state index contributed by atoms with van der Waals surface area (Å²) in [5.41, 5.74) is 2.14. The van der Waals surface area contributed by atoms with Crippen LogP contribution < -0.4 is 0 Å². The van der Waals surface area contributed by atoms with E-state index in [4.69, 9.17) is 11.6 Å². The predicted molar refractivity (Wildman–Crippen MR) is 86.0 cm³/mol. The summed E-state index contributed by atoms with van der Waals surface area (Å²) in [4.78, 5) is 23.9. The molecule has 0 unspecified atom stereocenters. The smallest absolute Gasteiger partial charge is 0.195 e. The Balaban J connectivity index is 2.17. The Kier molecular flexibility index (Phi) is 3.90. The normalized spacial score (nSPS) is 10.4. The van der Waals surface area contributed by atoms with Gasteiger partial charge in [-0.05, 0) is 30.3 Å². The summed E-state index contributed by atoms with van der Waals surface area (Å²) < 4.78 is 1.68. The van der Waals surface area contributed by atoms with Gasteiger partial charge < -0.3 is 4.57 Å². The Hall–Kier alpha value is -2.65. The lowest BCUT2D eigenvalue weighted by molar-refractivity contribution is 0.103. The zero-order valence-electron chi connectivity index (χ0n) is 11.6. The van der Waals surface area contributed by atoms with Gasteiger partial charge in [0.25, 0.3) is 0 Å². The zero-order valence-corrected chi connectivity index (χ0v) is 12.3. The molecule has 0 amide bonds. The molecule has 0 aliphatic heterocycles. The summed E-state index contributed by atoms with van der Waals surface area (Å²) >= 11 is 6.05. The molecule has 0 radical (unpaired) electrons. The van der Waals surface area contributed by atoms with Crippen LogP contribution >= 0.6 is 11.6 Å². The van der Waals surface area contributed by atoms with E-state index in [2.05, 4.69) is 0 Å². The molecule has 0 saturated heterocycles. The van der Waals surface area contributed by atoms with Crippen LogP contribution in [-0.2, 0) is 0 Å². The monoisotopic (exact) mass is 309 g/mol. The lowest BCUT2D eigenvalue weighted by Crippen LogP contribution is -2.08. The van der Waals surface area contributed by atoms with Crippen LogP contribution in [0.2, 0.25) is 5.02 Å². The minimum atomic E-state index is -0.136. The van der Waals surface area contributed by atoms with Gasteiger partial charge in [-0.1, -0.05) is 41.9 Å². The molecule has 0 saturated carbocycles. The van der Waals surface area contributed by atoms with Crippen molar-refractivity contribution < 1.29 is 9.59 Å². The van der Waals surface area contributed by atoms with E-state index in [0.29, 0.717) is 27.5 Å². The van der Waals surface area contributed by atoms with Crippen LogP contribution in [0.5, 0.6) is 0 Å². The molecule has 1 heterocycles. The number of ketones is 1. The third-order valence-electron chi connectivity index (χ3n) is 3.40. The van der Waals surface area contributed by atoms with Crippen LogP contribution in [0, 0.1) is 0 Å². The van der Waals surface area contributed by atoms with Crippen LogP contribution in [0.3, 0.4) is 0 Å².